The molecule has 5 nitrogen and oxygen atoms in total. The summed E-state index contributed by atoms with van der Waals surface area (Å²) < 4.78 is 5.21. The zero-order valence-corrected chi connectivity index (χ0v) is 14.1. The van der Waals surface area contributed by atoms with E-state index in [4.69, 9.17) is 4.74 Å². The summed E-state index contributed by atoms with van der Waals surface area (Å²) in [5.41, 5.74) is 2.05. The van der Waals surface area contributed by atoms with Crippen molar-refractivity contribution in [2.24, 2.45) is 5.92 Å². The van der Waals surface area contributed by atoms with Gasteiger partial charge in [-0.1, -0.05) is 38.1 Å². The van der Waals surface area contributed by atoms with Gasteiger partial charge in [0.2, 0.25) is 0 Å². The number of hydrogen-bond acceptors (Lipinski definition) is 4. The molecular formula is C19H22N2O3. The van der Waals surface area contributed by atoms with Gasteiger partial charge in [0, 0.05) is 17.8 Å². The molecule has 0 saturated carbocycles. The summed E-state index contributed by atoms with van der Waals surface area (Å²) in [6, 6.07) is 12.8. The number of anilines is 1. The number of para-hydroxylation sites is 2. The van der Waals surface area contributed by atoms with E-state index in [1.807, 2.05) is 36.4 Å². The number of fused-ring (bicyclic) bond motifs is 1. The number of nitrogens with one attached hydrogen (secondary N) is 1. The van der Waals surface area contributed by atoms with E-state index >= 15 is 0 Å². The van der Waals surface area contributed by atoms with Gasteiger partial charge in [-0.3, -0.25) is 4.79 Å². The first-order valence-electron chi connectivity index (χ1n) is 8.05. The van der Waals surface area contributed by atoms with Gasteiger partial charge in [-0.25, -0.2) is 0 Å². The second kappa shape index (κ2) is 6.43. The molecule has 0 bridgehead atoms. The van der Waals surface area contributed by atoms with Crippen LogP contribution in [-0.4, -0.2) is 29.6 Å². The highest BCUT2D eigenvalue weighted by Gasteiger charge is 2.34. The van der Waals surface area contributed by atoms with Crippen molar-refractivity contribution < 1.29 is 14.6 Å². The van der Waals surface area contributed by atoms with E-state index in [2.05, 4.69) is 19.2 Å². The summed E-state index contributed by atoms with van der Waals surface area (Å²) in [4.78, 5) is 14.7. The fourth-order valence-corrected chi connectivity index (χ4v) is 3.04. The average molecular weight is 326 g/mol. The maximum Gasteiger partial charge on any atom is 0.257 e. The van der Waals surface area contributed by atoms with Crippen LogP contribution in [-0.2, 0) is 0 Å². The molecule has 0 radical (unpaired) electrons. The lowest BCUT2D eigenvalue weighted by molar-refractivity contribution is 0.0655. The summed E-state index contributed by atoms with van der Waals surface area (Å²) in [6.45, 7) is 4.72. The number of rotatable bonds is 4. The molecule has 1 aliphatic rings. The summed E-state index contributed by atoms with van der Waals surface area (Å²) in [7, 11) is 1.51. The SMILES string of the molecule is COc1cccc(C2Nc3ccccc3C(=O)N2CC(C)C)c1O. The Bertz CT molecular complexity index is 758. The predicted octanol–water partition coefficient (Wildman–Crippen LogP) is 3.62. The van der Waals surface area contributed by atoms with Crippen LogP contribution in [0, 0.1) is 5.92 Å². The fraction of sp³-hybridized carbons (Fsp3) is 0.316. The van der Waals surface area contributed by atoms with Crippen molar-refractivity contribution in [3.05, 3.63) is 53.6 Å². The molecule has 0 saturated heterocycles. The quantitative estimate of drug-likeness (QED) is 0.901. The molecule has 0 fully saturated rings. The molecular weight excluding hydrogens is 304 g/mol. The number of benzene rings is 2. The minimum Gasteiger partial charge on any atom is -0.504 e. The standard InChI is InChI=1S/C19H22N2O3/c1-12(2)11-21-18(14-8-6-10-16(24-3)17(14)22)20-15-9-5-4-7-13(15)19(21)23/h4-10,12,18,20,22H,11H2,1-3H3. The number of phenolic OH excluding ortho intramolecular Hbond substituents is 1. The first-order valence-corrected chi connectivity index (χ1v) is 8.05. The molecule has 1 amide bonds. The number of phenols is 1. The Hall–Kier alpha value is -2.69. The third kappa shape index (κ3) is 2.77. The van der Waals surface area contributed by atoms with Gasteiger partial charge in [-0.05, 0) is 24.1 Å². The molecule has 3 rings (SSSR count). The molecule has 5 heteroatoms. The molecule has 0 spiro atoms. The molecule has 0 aliphatic carbocycles. The first-order chi connectivity index (χ1) is 11.5. The lowest BCUT2D eigenvalue weighted by Gasteiger charge is -2.39. The summed E-state index contributed by atoms with van der Waals surface area (Å²) in [6.07, 6.45) is -0.440. The minimum atomic E-state index is -0.440. The van der Waals surface area contributed by atoms with E-state index in [-0.39, 0.29) is 11.7 Å². The second-order valence-corrected chi connectivity index (χ2v) is 6.34. The van der Waals surface area contributed by atoms with Crippen molar-refractivity contribution in [3.8, 4) is 11.5 Å². The van der Waals surface area contributed by atoms with Gasteiger partial charge < -0.3 is 20.1 Å². The zero-order chi connectivity index (χ0) is 17.3. The Labute approximate surface area is 141 Å². The van der Waals surface area contributed by atoms with Crippen LogP contribution in [0.2, 0.25) is 0 Å². The lowest BCUT2D eigenvalue weighted by atomic mass is 10.0. The Morgan fingerprint density at radius 2 is 1.96 bits per heavy atom. The van der Waals surface area contributed by atoms with E-state index < -0.39 is 6.17 Å². The van der Waals surface area contributed by atoms with Gasteiger partial charge in [0.25, 0.3) is 5.91 Å². The molecule has 1 atom stereocenters. The van der Waals surface area contributed by atoms with Crippen LogP contribution in [0.3, 0.4) is 0 Å². The monoisotopic (exact) mass is 326 g/mol. The summed E-state index contributed by atoms with van der Waals surface area (Å²) in [5, 5.41) is 13.9. The predicted molar refractivity (Wildman–Crippen MR) is 93.3 cm³/mol. The minimum absolute atomic E-state index is 0.0368. The van der Waals surface area contributed by atoms with Gasteiger partial charge in [0.05, 0.1) is 12.7 Å². The highest BCUT2D eigenvalue weighted by atomic mass is 16.5. The van der Waals surface area contributed by atoms with Crippen molar-refractivity contribution in [2.45, 2.75) is 20.0 Å². The first kappa shape index (κ1) is 16.2. The van der Waals surface area contributed by atoms with E-state index in [0.717, 1.165) is 5.69 Å². The number of methoxy groups -OCH3 is 1. The Kier molecular flexibility index (Phi) is 4.34. The topological polar surface area (TPSA) is 61.8 Å². The van der Waals surface area contributed by atoms with E-state index in [0.29, 0.717) is 29.3 Å². The molecule has 24 heavy (non-hydrogen) atoms. The zero-order valence-electron chi connectivity index (χ0n) is 14.1. The van der Waals surface area contributed by atoms with Crippen molar-refractivity contribution in [3.63, 3.8) is 0 Å². The molecule has 1 unspecified atom stereocenters. The largest absolute Gasteiger partial charge is 0.504 e. The highest BCUT2D eigenvalue weighted by Crippen LogP contribution is 2.40. The number of ether oxygens (including phenoxy) is 1. The van der Waals surface area contributed by atoms with Crippen LogP contribution in [0.15, 0.2) is 42.5 Å². The van der Waals surface area contributed by atoms with Crippen molar-refractivity contribution in [1.29, 1.82) is 0 Å². The number of aromatic hydroxyl groups is 1. The van der Waals surface area contributed by atoms with Gasteiger partial charge >= 0.3 is 0 Å². The molecule has 0 aromatic heterocycles. The van der Waals surface area contributed by atoms with Crippen LogP contribution in [0.1, 0.15) is 35.9 Å². The molecule has 2 aromatic rings. The van der Waals surface area contributed by atoms with Crippen LogP contribution in [0.5, 0.6) is 11.5 Å². The highest BCUT2D eigenvalue weighted by molar-refractivity contribution is 6.01. The van der Waals surface area contributed by atoms with Crippen molar-refractivity contribution in [1.82, 2.24) is 4.90 Å². The molecule has 126 valence electrons. The Balaban J connectivity index is 2.09. The lowest BCUT2D eigenvalue weighted by Crippen LogP contribution is -2.44. The van der Waals surface area contributed by atoms with Gasteiger partial charge in [-0.15, -0.1) is 0 Å². The number of nitrogens with zero attached hydrogens (tertiary/aromatic N) is 1. The normalized spacial score (nSPS) is 16.8. The van der Waals surface area contributed by atoms with Crippen molar-refractivity contribution >= 4 is 11.6 Å². The van der Waals surface area contributed by atoms with Crippen molar-refractivity contribution in [2.75, 3.05) is 19.0 Å². The maximum absolute atomic E-state index is 13.0. The van der Waals surface area contributed by atoms with E-state index in [1.54, 1.807) is 11.0 Å². The maximum atomic E-state index is 13.0. The van der Waals surface area contributed by atoms with Crippen LogP contribution < -0.4 is 10.1 Å². The van der Waals surface area contributed by atoms with Crippen LogP contribution in [0.25, 0.3) is 0 Å². The number of amides is 1. The number of carbonyl (C=O) groups excluding carboxylic acids is 1. The molecule has 2 N–H and O–H groups in total. The van der Waals surface area contributed by atoms with Gasteiger partial charge in [-0.2, -0.15) is 0 Å². The number of hydrogen-bond donors (Lipinski definition) is 2. The number of carbonyl (C=O) groups is 1. The molecule has 2 aromatic carbocycles. The fourth-order valence-electron chi connectivity index (χ4n) is 3.04. The third-order valence-electron chi connectivity index (χ3n) is 4.13. The Morgan fingerprint density at radius 3 is 2.67 bits per heavy atom. The smallest absolute Gasteiger partial charge is 0.257 e. The second-order valence-electron chi connectivity index (χ2n) is 6.34. The summed E-state index contributed by atoms with van der Waals surface area (Å²) >= 11 is 0. The third-order valence-corrected chi connectivity index (χ3v) is 4.13. The molecule has 1 aliphatic heterocycles. The van der Waals surface area contributed by atoms with Crippen LogP contribution >= 0.6 is 0 Å². The van der Waals surface area contributed by atoms with E-state index in [9.17, 15) is 9.90 Å². The Morgan fingerprint density at radius 1 is 1.21 bits per heavy atom. The summed E-state index contributed by atoms with van der Waals surface area (Å²) in [5.74, 6) is 0.713. The van der Waals surface area contributed by atoms with Gasteiger partial charge in [0.1, 0.15) is 6.17 Å². The van der Waals surface area contributed by atoms with Crippen LogP contribution in [0.4, 0.5) is 5.69 Å². The average Bonchev–Trinajstić information content (AvgIpc) is 2.57. The van der Waals surface area contributed by atoms with E-state index in [1.165, 1.54) is 7.11 Å². The van der Waals surface area contributed by atoms with Gasteiger partial charge in [0.15, 0.2) is 11.5 Å². The molecule has 1 heterocycles.